The Morgan fingerprint density at radius 1 is 1.18 bits per heavy atom. The van der Waals surface area contributed by atoms with Crippen molar-refractivity contribution < 1.29 is 14.3 Å². The van der Waals surface area contributed by atoms with E-state index >= 15 is 0 Å². The average molecular weight is 304 g/mol. The van der Waals surface area contributed by atoms with Crippen LogP contribution < -0.4 is 10.6 Å². The molecule has 0 aliphatic heterocycles. The molecule has 5 heteroatoms. The van der Waals surface area contributed by atoms with Crippen LogP contribution in [0, 0.1) is 12.8 Å². The number of hydrogen-bond acceptors (Lipinski definition) is 3. The van der Waals surface area contributed by atoms with Crippen molar-refractivity contribution in [1.29, 1.82) is 0 Å². The summed E-state index contributed by atoms with van der Waals surface area (Å²) >= 11 is 0. The minimum Gasteiger partial charge on any atom is -0.375 e. The van der Waals surface area contributed by atoms with Crippen LogP contribution >= 0.6 is 0 Å². The van der Waals surface area contributed by atoms with E-state index in [0.29, 0.717) is 18.0 Å². The first-order valence-corrected chi connectivity index (χ1v) is 7.78. The monoisotopic (exact) mass is 304 g/mol. The summed E-state index contributed by atoms with van der Waals surface area (Å²) in [6.45, 7) is 1.95. The van der Waals surface area contributed by atoms with Crippen LogP contribution in [0.25, 0.3) is 0 Å². The molecule has 2 rings (SSSR count). The van der Waals surface area contributed by atoms with Crippen LogP contribution in [0.3, 0.4) is 0 Å². The van der Waals surface area contributed by atoms with Gasteiger partial charge in [-0.2, -0.15) is 0 Å². The highest BCUT2D eigenvalue weighted by atomic mass is 16.5. The Labute approximate surface area is 131 Å². The predicted octanol–water partition coefficient (Wildman–Crippen LogP) is 3.10. The van der Waals surface area contributed by atoms with E-state index < -0.39 is 0 Å². The van der Waals surface area contributed by atoms with Gasteiger partial charge >= 0.3 is 0 Å². The summed E-state index contributed by atoms with van der Waals surface area (Å²) in [5, 5.41) is 5.70. The number of benzene rings is 1. The third-order valence-corrected chi connectivity index (χ3v) is 4.02. The molecule has 0 aromatic heterocycles. The number of amides is 2. The van der Waals surface area contributed by atoms with Gasteiger partial charge < -0.3 is 15.4 Å². The van der Waals surface area contributed by atoms with Crippen molar-refractivity contribution in [2.75, 3.05) is 24.4 Å². The summed E-state index contributed by atoms with van der Waals surface area (Å²) in [5.74, 6) is 0.356. The molecule has 22 heavy (non-hydrogen) atoms. The molecule has 2 amide bonds. The number of rotatable bonds is 6. The molecule has 1 fully saturated rings. The largest absolute Gasteiger partial charge is 0.375 e. The Balaban J connectivity index is 1.96. The zero-order valence-corrected chi connectivity index (χ0v) is 13.3. The SMILES string of the molecule is COCC(=O)Nc1ccc(C)c(NC(=O)CC2CCCC2)c1. The highest BCUT2D eigenvalue weighted by Crippen LogP contribution is 2.28. The molecular weight excluding hydrogens is 280 g/mol. The Kier molecular flexibility index (Phi) is 5.95. The molecule has 0 heterocycles. The summed E-state index contributed by atoms with van der Waals surface area (Å²) in [6, 6.07) is 5.48. The minimum absolute atomic E-state index is 0.0112. The zero-order valence-electron chi connectivity index (χ0n) is 13.3. The number of ether oxygens (including phenoxy) is 1. The van der Waals surface area contributed by atoms with E-state index in [0.717, 1.165) is 24.1 Å². The van der Waals surface area contributed by atoms with Crippen molar-refractivity contribution >= 4 is 23.2 Å². The van der Waals surface area contributed by atoms with Crippen molar-refractivity contribution in [3.05, 3.63) is 23.8 Å². The van der Waals surface area contributed by atoms with Gasteiger partial charge in [0.15, 0.2) is 0 Å². The molecule has 0 radical (unpaired) electrons. The standard InChI is InChI=1S/C17H24N2O3/c1-12-7-8-14(18-17(21)11-22-2)10-15(12)19-16(20)9-13-5-3-4-6-13/h7-8,10,13H,3-6,9,11H2,1-2H3,(H,18,21)(H,19,20). The summed E-state index contributed by atoms with van der Waals surface area (Å²) in [6.07, 6.45) is 5.36. The van der Waals surface area contributed by atoms with E-state index in [1.807, 2.05) is 19.1 Å². The molecule has 1 aromatic rings. The lowest BCUT2D eigenvalue weighted by Crippen LogP contribution is -2.18. The maximum Gasteiger partial charge on any atom is 0.250 e. The predicted molar refractivity (Wildman–Crippen MR) is 86.9 cm³/mol. The first-order chi connectivity index (χ1) is 10.6. The molecule has 0 saturated heterocycles. The lowest BCUT2D eigenvalue weighted by atomic mass is 10.0. The molecule has 0 unspecified atom stereocenters. The fourth-order valence-corrected chi connectivity index (χ4v) is 2.84. The maximum atomic E-state index is 12.1. The minimum atomic E-state index is -0.213. The van der Waals surface area contributed by atoms with Crippen molar-refractivity contribution in [3.63, 3.8) is 0 Å². The first-order valence-electron chi connectivity index (χ1n) is 7.78. The zero-order chi connectivity index (χ0) is 15.9. The van der Waals surface area contributed by atoms with Gasteiger partial charge in [-0.3, -0.25) is 9.59 Å². The fourth-order valence-electron chi connectivity index (χ4n) is 2.84. The molecular formula is C17H24N2O3. The molecule has 120 valence electrons. The van der Waals surface area contributed by atoms with Gasteiger partial charge in [0.25, 0.3) is 0 Å². The molecule has 1 saturated carbocycles. The van der Waals surface area contributed by atoms with Crippen LogP contribution in [-0.4, -0.2) is 25.5 Å². The Morgan fingerprint density at radius 2 is 1.91 bits per heavy atom. The number of hydrogen-bond donors (Lipinski definition) is 2. The number of carbonyl (C=O) groups excluding carboxylic acids is 2. The number of carbonyl (C=O) groups is 2. The quantitative estimate of drug-likeness (QED) is 0.848. The van der Waals surface area contributed by atoms with Gasteiger partial charge in [-0.1, -0.05) is 18.9 Å². The van der Waals surface area contributed by atoms with E-state index in [2.05, 4.69) is 10.6 Å². The molecule has 2 N–H and O–H groups in total. The summed E-state index contributed by atoms with van der Waals surface area (Å²) in [5.41, 5.74) is 2.38. The average Bonchev–Trinajstić information content (AvgIpc) is 2.95. The third-order valence-electron chi connectivity index (χ3n) is 4.02. The van der Waals surface area contributed by atoms with Gasteiger partial charge in [-0.25, -0.2) is 0 Å². The first kappa shape index (κ1) is 16.5. The second-order valence-electron chi connectivity index (χ2n) is 5.91. The lowest BCUT2D eigenvalue weighted by Gasteiger charge is -2.13. The molecule has 0 atom stereocenters. The van der Waals surface area contributed by atoms with Crippen LogP contribution in [0.1, 0.15) is 37.7 Å². The summed E-state index contributed by atoms with van der Waals surface area (Å²) < 4.78 is 4.79. The number of aryl methyl sites for hydroxylation is 1. The van der Waals surface area contributed by atoms with Gasteiger partial charge in [0, 0.05) is 24.9 Å². The van der Waals surface area contributed by atoms with Gasteiger partial charge in [0.05, 0.1) is 0 Å². The Hall–Kier alpha value is -1.88. The van der Waals surface area contributed by atoms with Crippen LogP contribution in [0.2, 0.25) is 0 Å². The number of methoxy groups -OCH3 is 1. The van der Waals surface area contributed by atoms with Crippen LogP contribution in [0.4, 0.5) is 11.4 Å². The second-order valence-corrected chi connectivity index (χ2v) is 5.91. The molecule has 0 spiro atoms. The number of nitrogens with one attached hydrogen (secondary N) is 2. The third kappa shape index (κ3) is 4.84. The smallest absolute Gasteiger partial charge is 0.250 e. The summed E-state index contributed by atoms with van der Waals surface area (Å²) in [7, 11) is 1.48. The van der Waals surface area contributed by atoms with E-state index in [1.165, 1.54) is 20.0 Å². The van der Waals surface area contributed by atoms with E-state index in [9.17, 15) is 9.59 Å². The van der Waals surface area contributed by atoms with Gasteiger partial charge in [-0.15, -0.1) is 0 Å². The van der Waals surface area contributed by atoms with Crippen LogP contribution in [-0.2, 0) is 14.3 Å². The van der Waals surface area contributed by atoms with Gasteiger partial charge in [0.1, 0.15) is 6.61 Å². The molecule has 5 nitrogen and oxygen atoms in total. The van der Waals surface area contributed by atoms with Crippen molar-refractivity contribution in [1.82, 2.24) is 0 Å². The number of anilines is 2. The van der Waals surface area contributed by atoms with E-state index in [1.54, 1.807) is 6.07 Å². The molecule has 1 aliphatic carbocycles. The normalized spacial score (nSPS) is 14.8. The topological polar surface area (TPSA) is 67.4 Å². The van der Waals surface area contributed by atoms with Gasteiger partial charge in [0.2, 0.25) is 11.8 Å². The maximum absolute atomic E-state index is 12.1. The Morgan fingerprint density at radius 3 is 2.59 bits per heavy atom. The molecule has 1 aromatic carbocycles. The highest BCUT2D eigenvalue weighted by Gasteiger charge is 2.18. The van der Waals surface area contributed by atoms with Crippen molar-refractivity contribution in [2.45, 2.75) is 39.0 Å². The van der Waals surface area contributed by atoms with Crippen LogP contribution in [0.5, 0.6) is 0 Å². The second kappa shape index (κ2) is 7.94. The van der Waals surface area contributed by atoms with E-state index in [-0.39, 0.29) is 18.4 Å². The van der Waals surface area contributed by atoms with Crippen LogP contribution in [0.15, 0.2) is 18.2 Å². The van der Waals surface area contributed by atoms with Gasteiger partial charge in [-0.05, 0) is 43.4 Å². The van der Waals surface area contributed by atoms with Crippen molar-refractivity contribution in [2.24, 2.45) is 5.92 Å². The highest BCUT2D eigenvalue weighted by molar-refractivity contribution is 5.95. The van der Waals surface area contributed by atoms with E-state index in [4.69, 9.17) is 4.74 Å². The van der Waals surface area contributed by atoms with Crippen molar-refractivity contribution in [3.8, 4) is 0 Å². The molecule has 0 bridgehead atoms. The summed E-state index contributed by atoms with van der Waals surface area (Å²) in [4.78, 5) is 23.7. The molecule has 1 aliphatic rings. The Bertz CT molecular complexity index is 537. The fraction of sp³-hybridized carbons (Fsp3) is 0.529. The lowest BCUT2D eigenvalue weighted by molar-refractivity contribution is -0.119.